The number of hydrogen-bond donors (Lipinski definition) is 0. The Morgan fingerprint density at radius 3 is 2.44 bits per heavy atom. The first kappa shape index (κ1) is 28.9. The maximum atomic E-state index is 14.4. The smallest absolute Gasteiger partial charge is 0.291 e. The van der Waals surface area contributed by atoms with E-state index in [1.807, 2.05) is 0 Å². The van der Waals surface area contributed by atoms with Crippen molar-refractivity contribution in [3.05, 3.63) is 112 Å². The quantitative estimate of drug-likeness (QED) is 0.210. The minimum Gasteiger partial charge on any atom is -0.291 e. The average molecular weight is 615 g/mol. The van der Waals surface area contributed by atoms with Crippen LogP contribution in [0.4, 0.5) is 22.0 Å². The Morgan fingerprint density at radius 2 is 1.77 bits per heavy atom. The van der Waals surface area contributed by atoms with E-state index in [1.165, 1.54) is 18.3 Å². The molecule has 4 aromatic rings. The second-order valence-corrected chi connectivity index (χ2v) is 12.6. The summed E-state index contributed by atoms with van der Waals surface area (Å²) in [5, 5.41) is 4.44. The summed E-state index contributed by atoms with van der Waals surface area (Å²) in [7, 11) is -4.51. The van der Waals surface area contributed by atoms with E-state index in [2.05, 4.69) is 10.1 Å². The Kier molecular flexibility index (Phi) is 6.85. The van der Waals surface area contributed by atoms with Crippen molar-refractivity contribution in [1.29, 1.82) is 0 Å². The first-order valence-electron chi connectivity index (χ1n) is 13.2. The van der Waals surface area contributed by atoms with Crippen LogP contribution in [0.1, 0.15) is 39.3 Å². The number of pyridine rings is 1. The minimum atomic E-state index is -4.99. The van der Waals surface area contributed by atoms with Crippen LogP contribution in [0.2, 0.25) is 0 Å². The fraction of sp³-hybridized carbons (Fsp3) is 0.233. The second kappa shape index (κ2) is 10.2. The lowest BCUT2D eigenvalue weighted by Crippen LogP contribution is -2.53. The Morgan fingerprint density at radius 1 is 1.02 bits per heavy atom. The molecule has 1 aliphatic carbocycles. The fourth-order valence-electron chi connectivity index (χ4n) is 5.75. The molecule has 6 rings (SSSR count). The molecule has 1 saturated heterocycles. The molecule has 3 heterocycles. The zero-order valence-electron chi connectivity index (χ0n) is 22.6. The summed E-state index contributed by atoms with van der Waals surface area (Å²) >= 11 is 0. The highest BCUT2D eigenvalue weighted by atomic mass is 32.2. The molecular formula is C30H23F5N4O3S. The monoisotopic (exact) mass is 614 g/mol. The molecule has 0 amide bonds. The normalized spacial score (nSPS) is 19.0. The molecule has 0 spiro atoms. The number of hydrogen-bond acceptors (Lipinski definition) is 5. The Bertz CT molecular complexity index is 1900. The summed E-state index contributed by atoms with van der Waals surface area (Å²) in [6.45, 7) is 1.34. The van der Waals surface area contributed by atoms with Gasteiger partial charge in [-0.25, -0.2) is 21.9 Å². The number of Topliss-reactive ketones (excluding diaryl/α,β-unsaturated/α-hetero) is 1. The number of halogens is 5. The van der Waals surface area contributed by atoms with E-state index in [-0.39, 0.29) is 31.6 Å². The predicted molar refractivity (Wildman–Crippen MR) is 146 cm³/mol. The number of benzene rings is 2. The number of aryl methyl sites for hydroxylation is 1. The van der Waals surface area contributed by atoms with Crippen LogP contribution in [-0.4, -0.2) is 46.4 Å². The number of sulfonamides is 1. The third-order valence-electron chi connectivity index (χ3n) is 7.92. The molecule has 0 N–H and O–H groups in total. The second-order valence-electron chi connectivity index (χ2n) is 10.6. The molecule has 0 bridgehead atoms. The number of carbonyl (C=O) groups is 1. The summed E-state index contributed by atoms with van der Waals surface area (Å²) in [6, 6.07) is 10.5. The van der Waals surface area contributed by atoms with Gasteiger partial charge >= 0.3 is 6.18 Å². The standard InChI is InChI=1S/C30H23F5N4O3S/c1-18-8-10-36-26(12-18)28(40)29-15-19-16-37-39(22-4-2-21(31)3-5-22)27(19)13-20(29)9-11-38(17-29)43(41,42)23-6-7-24(25(32)14-23)30(33,34)35/h2-8,10,12-14,16H,9,11,15,17H2,1H3/t29-/m0/s1. The lowest BCUT2D eigenvalue weighted by molar-refractivity contribution is -0.140. The highest BCUT2D eigenvalue weighted by Gasteiger charge is 2.51. The molecule has 1 atom stereocenters. The number of fused-ring (bicyclic) bond motifs is 2. The van der Waals surface area contributed by atoms with Gasteiger partial charge in [0.2, 0.25) is 10.0 Å². The lowest BCUT2D eigenvalue weighted by atomic mass is 9.65. The molecule has 2 aromatic heterocycles. The summed E-state index contributed by atoms with van der Waals surface area (Å²) in [5.74, 6) is -2.56. The van der Waals surface area contributed by atoms with Crippen LogP contribution in [0.3, 0.4) is 0 Å². The van der Waals surface area contributed by atoms with Gasteiger partial charge in [-0.15, -0.1) is 0 Å². The molecule has 222 valence electrons. The van der Waals surface area contributed by atoms with E-state index in [1.54, 1.807) is 48.1 Å². The van der Waals surface area contributed by atoms with Crippen molar-refractivity contribution >= 4 is 21.9 Å². The molecule has 2 aromatic carbocycles. The molecular weight excluding hydrogens is 591 g/mol. The van der Waals surface area contributed by atoms with Gasteiger partial charge in [0.05, 0.1) is 33.5 Å². The van der Waals surface area contributed by atoms with Gasteiger partial charge in [-0.2, -0.15) is 22.6 Å². The molecule has 0 saturated carbocycles. The third kappa shape index (κ3) is 4.95. The summed E-state index contributed by atoms with van der Waals surface area (Å²) in [4.78, 5) is 17.9. The van der Waals surface area contributed by atoms with Crippen LogP contribution in [0, 0.1) is 24.0 Å². The number of alkyl halides is 3. The van der Waals surface area contributed by atoms with Crippen molar-refractivity contribution < 1.29 is 35.2 Å². The first-order chi connectivity index (χ1) is 20.3. The van der Waals surface area contributed by atoms with Gasteiger partial charge in [-0.1, -0.05) is 5.57 Å². The van der Waals surface area contributed by atoms with Gasteiger partial charge in [0.25, 0.3) is 0 Å². The van der Waals surface area contributed by atoms with Gasteiger partial charge in [0, 0.05) is 19.3 Å². The van der Waals surface area contributed by atoms with E-state index in [4.69, 9.17) is 0 Å². The molecule has 2 aliphatic rings. The van der Waals surface area contributed by atoms with Crippen molar-refractivity contribution in [3.63, 3.8) is 0 Å². The number of piperidine rings is 1. The number of nitrogens with zero attached hydrogens (tertiary/aromatic N) is 4. The zero-order valence-corrected chi connectivity index (χ0v) is 23.4. The Balaban J connectivity index is 1.43. The SMILES string of the molecule is Cc1ccnc(C(=O)[C@]23Cc4cnn(-c5ccc(F)cc5)c4C=C2CCN(S(=O)(=O)c2ccc(C(F)(F)F)c(F)c2)C3)c1. The lowest BCUT2D eigenvalue weighted by Gasteiger charge is -2.44. The maximum absolute atomic E-state index is 14.4. The van der Waals surface area contributed by atoms with Crippen LogP contribution in [0.25, 0.3) is 11.8 Å². The molecule has 7 nitrogen and oxygen atoms in total. The third-order valence-corrected chi connectivity index (χ3v) is 9.76. The van der Waals surface area contributed by atoms with Crippen molar-refractivity contribution in [3.8, 4) is 5.69 Å². The summed E-state index contributed by atoms with van der Waals surface area (Å²) in [5.41, 5.74) is 0.398. The maximum Gasteiger partial charge on any atom is 0.419 e. The summed E-state index contributed by atoms with van der Waals surface area (Å²) in [6.07, 6.45) is -0.0163. The largest absolute Gasteiger partial charge is 0.419 e. The van der Waals surface area contributed by atoms with E-state index >= 15 is 0 Å². The topological polar surface area (TPSA) is 85.2 Å². The molecule has 1 fully saturated rings. The van der Waals surface area contributed by atoms with E-state index in [9.17, 15) is 35.2 Å². The first-order valence-corrected chi connectivity index (χ1v) is 14.6. The van der Waals surface area contributed by atoms with Gasteiger partial charge in [0.1, 0.15) is 17.3 Å². The number of carbonyl (C=O) groups excluding carboxylic acids is 1. The number of ketones is 1. The van der Waals surface area contributed by atoms with E-state index in [0.29, 0.717) is 34.7 Å². The molecule has 1 aliphatic heterocycles. The van der Waals surface area contributed by atoms with Crippen LogP contribution < -0.4 is 0 Å². The van der Waals surface area contributed by atoms with Crippen molar-refractivity contribution in [1.82, 2.24) is 19.1 Å². The summed E-state index contributed by atoms with van der Waals surface area (Å²) < 4.78 is 97.3. The van der Waals surface area contributed by atoms with E-state index < -0.39 is 49.5 Å². The van der Waals surface area contributed by atoms with Gasteiger partial charge < -0.3 is 0 Å². The molecule has 0 unspecified atom stereocenters. The van der Waals surface area contributed by atoms with Crippen molar-refractivity contribution in [2.24, 2.45) is 5.41 Å². The number of rotatable bonds is 5. The van der Waals surface area contributed by atoms with E-state index in [0.717, 1.165) is 15.9 Å². The fourth-order valence-corrected chi connectivity index (χ4v) is 7.26. The number of aromatic nitrogens is 3. The van der Waals surface area contributed by atoms with Crippen LogP contribution in [0.15, 0.2) is 77.5 Å². The molecule has 43 heavy (non-hydrogen) atoms. The van der Waals surface area contributed by atoms with Crippen molar-refractivity contribution in [2.75, 3.05) is 13.1 Å². The minimum absolute atomic E-state index is 0.0528. The average Bonchev–Trinajstić information content (AvgIpc) is 3.37. The predicted octanol–water partition coefficient (Wildman–Crippen LogP) is 5.78. The Labute approximate surface area is 243 Å². The van der Waals surface area contributed by atoms with Crippen LogP contribution >= 0.6 is 0 Å². The Hall–Kier alpha value is -4.23. The van der Waals surface area contributed by atoms with Gasteiger partial charge in [0.15, 0.2) is 5.78 Å². The van der Waals surface area contributed by atoms with Crippen LogP contribution in [0.5, 0.6) is 0 Å². The molecule has 0 radical (unpaired) electrons. The van der Waals surface area contributed by atoms with Crippen molar-refractivity contribution in [2.45, 2.75) is 30.8 Å². The highest BCUT2D eigenvalue weighted by Crippen LogP contribution is 2.47. The van der Waals surface area contributed by atoms with Crippen LogP contribution in [-0.2, 0) is 22.6 Å². The van der Waals surface area contributed by atoms with Gasteiger partial charge in [-0.3, -0.25) is 9.78 Å². The highest BCUT2D eigenvalue weighted by molar-refractivity contribution is 7.89. The van der Waals surface area contributed by atoms with Gasteiger partial charge in [-0.05, 0) is 91.6 Å². The molecule has 13 heteroatoms. The zero-order chi connectivity index (χ0) is 30.7.